The van der Waals surface area contributed by atoms with Crippen molar-refractivity contribution in [3.63, 3.8) is 0 Å². The summed E-state index contributed by atoms with van der Waals surface area (Å²) >= 11 is 1.49. The van der Waals surface area contributed by atoms with Crippen molar-refractivity contribution in [3.8, 4) is 6.07 Å². The standard InChI is InChI=1S/C16H17N3O2S/c1-18(16(11-17)7-4-8-16)14(20)9-19-12-5-2-3-6-13(12)22-10-15(19)21/h2-3,5-6H,4,7-10H2,1H3. The smallest absolute Gasteiger partial charge is 0.243 e. The number of hydrogen-bond donors (Lipinski definition) is 0. The summed E-state index contributed by atoms with van der Waals surface area (Å²) < 4.78 is 0. The molecule has 0 radical (unpaired) electrons. The third kappa shape index (κ3) is 2.35. The summed E-state index contributed by atoms with van der Waals surface area (Å²) in [6, 6.07) is 9.86. The first-order chi connectivity index (χ1) is 10.6. The molecular formula is C16H17N3O2S. The summed E-state index contributed by atoms with van der Waals surface area (Å²) in [6.07, 6.45) is 2.39. The van der Waals surface area contributed by atoms with Crippen LogP contribution in [0.2, 0.25) is 0 Å². The number of carbonyl (C=O) groups is 2. The molecule has 1 heterocycles. The van der Waals surface area contributed by atoms with Crippen LogP contribution in [0.25, 0.3) is 0 Å². The molecular weight excluding hydrogens is 298 g/mol. The van der Waals surface area contributed by atoms with Crippen molar-refractivity contribution in [1.82, 2.24) is 4.90 Å². The van der Waals surface area contributed by atoms with Gasteiger partial charge in [-0.15, -0.1) is 11.8 Å². The first-order valence-corrected chi connectivity index (χ1v) is 8.26. The highest BCUT2D eigenvalue weighted by atomic mass is 32.2. The van der Waals surface area contributed by atoms with Crippen molar-refractivity contribution in [3.05, 3.63) is 24.3 Å². The summed E-state index contributed by atoms with van der Waals surface area (Å²) in [6.45, 7) is -0.00363. The number of fused-ring (bicyclic) bond motifs is 1. The number of rotatable bonds is 3. The Kier molecular flexibility index (Phi) is 3.83. The van der Waals surface area contributed by atoms with Crippen LogP contribution in [0.15, 0.2) is 29.2 Å². The van der Waals surface area contributed by atoms with Crippen LogP contribution in [0, 0.1) is 11.3 Å². The van der Waals surface area contributed by atoms with Gasteiger partial charge in [-0.1, -0.05) is 12.1 Å². The molecule has 0 saturated heterocycles. The zero-order valence-electron chi connectivity index (χ0n) is 12.4. The predicted octanol–water partition coefficient (Wildman–Crippen LogP) is 2.03. The molecule has 1 aliphatic carbocycles. The normalized spacial score (nSPS) is 18.9. The fraction of sp³-hybridized carbons (Fsp3) is 0.438. The van der Waals surface area contributed by atoms with Crippen molar-refractivity contribution in [1.29, 1.82) is 5.26 Å². The van der Waals surface area contributed by atoms with Gasteiger partial charge in [-0.3, -0.25) is 9.59 Å². The zero-order chi connectivity index (χ0) is 15.7. The minimum atomic E-state index is -0.676. The summed E-state index contributed by atoms with van der Waals surface area (Å²) in [5.41, 5.74) is 0.106. The summed E-state index contributed by atoms with van der Waals surface area (Å²) in [5.74, 6) is 0.0959. The Morgan fingerprint density at radius 3 is 2.82 bits per heavy atom. The second-order valence-electron chi connectivity index (χ2n) is 5.69. The maximum atomic E-state index is 12.5. The molecule has 1 saturated carbocycles. The number of hydrogen-bond acceptors (Lipinski definition) is 4. The number of likely N-dealkylation sites (N-methyl/N-ethyl adjacent to an activating group) is 1. The number of amides is 2. The van der Waals surface area contributed by atoms with E-state index in [1.54, 1.807) is 7.05 Å². The largest absolute Gasteiger partial charge is 0.325 e. The predicted molar refractivity (Wildman–Crippen MR) is 84.5 cm³/mol. The second-order valence-corrected chi connectivity index (χ2v) is 6.70. The second kappa shape index (κ2) is 5.65. The van der Waals surface area contributed by atoms with Crippen LogP contribution in [0.4, 0.5) is 5.69 Å². The summed E-state index contributed by atoms with van der Waals surface area (Å²) in [4.78, 5) is 28.8. The molecule has 114 valence electrons. The van der Waals surface area contributed by atoms with E-state index in [0.29, 0.717) is 18.6 Å². The molecule has 6 heteroatoms. The van der Waals surface area contributed by atoms with Crippen molar-refractivity contribution in [2.45, 2.75) is 29.7 Å². The van der Waals surface area contributed by atoms with E-state index in [0.717, 1.165) is 17.0 Å². The minimum Gasteiger partial charge on any atom is -0.325 e. The molecule has 1 aliphatic heterocycles. The number of benzene rings is 1. The van der Waals surface area contributed by atoms with Gasteiger partial charge < -0.3 is 9.80 Å². The molecule has 5 nitrogen and oxygen atoms in total. The quantitative estimate of drug-likeness (QED) is 0.856. The maximum absolute atomic E-state index is 12.5. The average Bonchev–Trinajstić information content (AvgIpc) is 2.49. The monoisotopic (exact) mass is 315 g/mol. The van der Waals surface area contributed by atoms with Crippen molar-refractivity contribution in [2.75, 3.05) is 24.2 Å². The molecule has 2 amide bonds. The SMILES string of the molecule is CN(C(=O)CN1C(=O)CSc2ccccc21)C1(C#N)CCC1. The molecule has 1 aromatic rings. The van der Waals surface area contributed by atoms with Gasteiger partial charge in [0.2, 0.25) is 11.8 Å². The fourth-order valence-electron chi connectivity index (χ4n) is 2.84. The van der Waals surface area contributed by atoms with Gasteiger partial charge in [0.15, 0.2) is 0 Å². The fourth-order valence-corrected chi connectivity index (χ4v) is 3.78. The number of para-hydroxylation sites is 1. The van der Waals surface area contributed by atoms with E-state index in [1.807, 2.05) is 24.3 Å². The zero-order valence-corrected chi connectivity index (χ0v) is 13.2. The number of anilines is 1. The van der Waals surface area contributed by atoms with E-state index in [2.05, 4.69) is 6.07 Å². The Morgan fingerprint density at radius 1 is 1.45 bits per heavy atom. The Hall–Kier alpha value is -2.00. The van der Waals surface area contributed by atoms with Crippen LogP contribution < -0.4 is 4.90 Å². The molecule has 0 N–H and O–H groups in total. The van der Waals surface area contributed by atoms with Crippen molar-refractivity contribution < 1.29 is 9.59 Å². The molecule has 0 aromatic heterocycles. The molecule has 1 aromatic carbocycles. The molecule has 1 fully saturated rings. The summed E-state index contributed by atoms with van der Waals surface area (Å²) in [5, 5.41) is 9.34. The molecule has 0 spiro atoms. The van der Waals surface area contributed by atoms with Gasteiger partial charge in [0.25, 0.3) is 0 Å². The third-order valence-corrected chi connectivity index (χ3v) is 5.55. The Labute approximate surface area is 133 Å². The highest BCUT2D eigenvalue weighted by Crippen LogP contribution is 2.37. The van der Waals surface area contributed by atoms with E-state index in [4.69, 9.17) is 0 Å². The molecule has 2 aliphatic rings. The lowest BCUT2D eigenvalue weighted by molar-refractivity contribution is -0.135. The van der Waals surface area contributed by atoms with Crippen LogP contribution in [0.3, 0.4) is 0 Å². The van der Waals surface area contributed by atoms with E-state index in [1.165, 1.54) is 21.6 Å². The van der Waals surface area contributed by atoms with Gasteiger partial charge in [-0.05, 0) is 31.4 Å². The molecule has 0 bridgehead atoms. The molecule has 0 atom stereocenters. The van der Waals surface area contributed by atoms with Gasteiger partial charge in [0, 0.05) is 11.9 Å². The van der Waals surface area contributed by atoms with Crippen molar-refractivity contribution >= 4 is 29.3 Å². The Morgan fingerprint density at radius 2 is 2.18 bits per heavy atom. The topological polar surface area (TPSA) is 64.4 Å². The van der Waals surface area contributed by atoms with Crippen LogP contribution in [0.1, 0.15) is 19.3 Å². The van der Waals surface area contributed by atoms with Crippen LogP contribution in [-0.4, -0.2) is 41.6 Å². The van der Waals surface area contributed by atoms with Gasteiger partial charge in [-0.25, -0.2) is 0 Å². The molecule has 0 unspecified atom stereocenters. The first kappa shape index (κ1) is 14.9. The Balaban J connectivity index is 1.79. The highest BCUT2D eigenvalue weighted by Gasteiger charge is 2.44. The van der Waals surface area contributed by atoms with Crippen LogP contribution in [-0.2, 0) is 9.59 Å². The minimum absolute atomic E-state index is 0.00363. The molecule has 22 heavy (non-hydrogen) atoms. The Bertz CT molecular complexity index is 664. The van der Waals surface area contributed by atoms with E-state index >= 15 is 0 Å². The van der Waals surface area contributed by atoms with Gasteiger partial charge in [0.1, 0.15) is 12.1 Å². The summed E-state index contributed by atoms with van der Waals surface area (Å²) in [7, 11) is 1.67. The molecule has 3 rings (SSSR count). The van der Waals surface area contributed by atoms with Crippen LogP contribution in [0.5, 0.6) is 0 Å². The number of nitriles is 1. The van der Waals surface area contributed by atoms with Gasteiger partial charge >= 0.3 is 0 Å². The van der Waals surface area contributed by atoms with Gasteiger partial charge in [-0.2, -0.15) is 5.26 Å². The third-order valence-electron chi connectivity index (χ3n) is 4.51. The van der Waals surface area contributed by atoms with E-state index < -0.39 is 5.54 Å². The lowest BCUT2D eigenvalue weighted by atomic mass is 9.76. The van der Waals surface area contributed by atoms with E-state index in [-0.39, 0.29) is 18.4 Å². The van der Waals surface area contributed by atoms with Crippen molar-refractivity contribution in [2.24, 2.45) is 0 Å². The number of nitrogens with zero attached hydrogens (tertiary/aromatic N) is 3. The van der Waals surface area contributed by atoms with Crippen LogP contribution >= 0.6 is 11.8 Å². The first-order valence-electron chi connectivity index (χ1n) is 7.27. The lowest BCUT2D eigenvalue weighted by Gasteiger charge is -2.43. The maximum Gasteiger partial charge on any atom is 0.243 e. The lowest BCUT2D eigenvalue weighted by Crippen LogP contribution is -2.56. The average molecular weight is 315 g/mol. The number of thioether (sulfide) groups is 1. The highest BCUT2D eigenvalue weighted by molar-refractivity contribution is 8.00. The van der Waals surface area contributed by atoms with Gasteiger partial charge in [0.05, 0.1) is 17.5 Å². The number of carbonyl (C=O) groups excluding carboxylic acids is 2. The van der Waals surface area contributed by atoms with E-state index in [9.17, 15) is 14.9 Å².